The molecule has 5 nitrogen and oxygen atoms in total. The molecule has 0 spiro atoms. The van der Waals surface area contributed by atoms with Crippen LogP contribution in [0.5, 0.6) is 0 Å². The average molecular weight is 310 g/mol. The Morgan fingerprint density at radius 2 is 1.82 bits per heavy atom. The lowest BCUT2D eigenvalue weighted by atomic mass is 10.1. The molecule has 0 aromatic rings. The second kappa shape index (κ2) is 9.36. The molecule has 0 radical (unpaired) electrons. The third-order valence-electron chi connectivity index (χ3n) is 5.07. The van der Waals surface area contributed by atoms with Crippen LogP contribution in [0.4, 0.5) is 0 Å². The van der Waals surface area contributed by atoms with Crippen molar-refractivity contribution < 1.29 is 0 Å². The summed E-state index contributed by atoms with van der Waals surface area (Å²) >= 11 is 0. The Bertz CT molecular complexity index is 336. The highest BCUT2D eigenvalue weighted by Gasteiger charge is 2.22. The molecule has 1 atom stereocenters. The predicted molar refractivity (Wildman–Crippen MR) is 94.5 cm³/mol. The number of hydrogen-bond acceptors (Lipinski definition) is 3. The summed E-state index contributed by atoms with van der Waals surface area (Å²) in [5, 5.41) is 7.15. The first kappa shape index (κ1) is 17.5. The highest BCUT2D eigenvalue weighted by atomic mass is 15.2. The fraction of sp³-hybridized carbons (Fsp3) is 0.941. The fourth-order valence-corrected chi connectivity index (χ4v) is 3.61. The lowest BCUT2D eigenvalue weighted by Gasteiger charge is -2.33. The van der Waals surface area contributed by atoms with Gasteiger partial charge in [0.25, 0.3) is 0 Å². The lowest BCUT2D eigenvalue weighted by molar-refractivity contribution is 0.206. The van der Waals surface area contributed by atoms with Gasteiger partial charge in [0.1, 0.15) is 0 Å². The second-order valence-corrected chi connectivity index (χ2v) is 6.76. The van der Waals surface area contributed by atoms with Crippen molar-refractivity contribution >= 4 is 5.96 Å². The van der Waals surface area contributed by atoms with Gasteiger partial charge in [0, 0.05) is 39.3 Å². The SMILES string of the molecule is CCCN1CCC(NC(=NC)NCC2CCN(CC)C2)CC1. The molecule has 0 aromatic heterocycles. The second-order valence-electron chi connectivity index (χ2n) is 6.76. The van der Waals surface area contributed by atoms with Crippen LogP contribution in [0.3, 0.4) is 0 Å². The molecule has 2 saturated heterocycles. The normalized spacial score (nSPS) is 25.6. The van der Waals surface area contributed by atoms with E-state index in [1.54, 1.807) is 0 Å². The third kappa shape index (κ3) is 5.43. The Hall–Kier alpha value is -0.810. The molecule has 2 aliphatic rings. The van der Waals surface area contributed by atoms with E-state index >= 15 is 0 Å². The third-order valence-corrected chi connectivity index (χ3v) is 5.07. The zero-order valence-corrected chi connectivity index (χ0v) is 14.8. The summed E-state index contributed by atoms with van der Waals surface area (Å²) < 4.78 is 0. The van der Waals surface area contributed by atoms with Crippen molar-refractivity contribution in [3.05, 3.63) is 0 Å². The zero-order valence-electron chi connectivity index (χ0n) is 14.8. The van der Waals surface area contributed by atoms with Crippen LogP contribution in [0.2, 0.25) is 0 Å². The Labute approximate surface area is 136 Å². The molecule has 2 heterocycles. The quantitative estimate of drug-likeness (QED) is 0.574. The van der Waals surface area contributed by atoms with E-state index in [1.807, 2.05) is 7.05 Å². The van der Waals surface area contributed by atoms with Crippen molar-refractivity contribution in [3.8, 4) is 0 Å². The molecule has 0 aromatic carbocycles. The summed E-state index contributed by atoms with van der Waals surface area (Å²) in [4.78, 5) is 9.51. The van der Waals surface area contributed by atoms with Gasteiger partial charge in [-0.15, -0.1) is 0 Å². The van der Waals surface area contributed by atoms with Gasteiger partial charge < -0.3 is 20.4 Å². The summed E-state index contributed by atoms with van der Waals surface area (Å²) in [6, 6.07) is 0.579. The van der Waals surface area contributed by atoms with Gasteiger partial charge >= 0.3 is 0 Å². The smallest absolute Gasteiger partial charge is 0.191 e. The molecule has 0 bridgehead atoms. The summed E-state index contributed by atoms with van der Waals surface area (Å²) in [5.74, 6) is 1.76. The minimum atomic E-state index is 0.579. The number of likely N-dealkylation sites (tertiary alicyclic amines) is 2. The molecular weight excluding hydrogens is 274 g/mol. The first-order valence-electron chi connectivity index (χ1n) is 9.17. The Balaban J connectivity index is 1.65. The monoisotopic (exact) mass is 309 g/mol. The van der Waals surface area contributed by atoms with Crippen LogP contribution in [-0.2, 0) is 0 Å². The summed E-state index contributed by atoms with van der Waals surface area (Å²) in [7, 11) is 1.88. The number of nitrogens with one attached hydrogen (secondary N) is 2. The molecule has 2 fully saturated rings. The molecule has 0 aliphatic carbocycles. The van der Waals surface area contributed by atoms with Crippen LogP contribution in [-0.4, -0.2) is 74.7 Å². The number of guanidine groups is 1. The summed E-state index contributed by atoms with van der Waals surface area (Å²) in [6.45, 7) is 12.9. The van der Waals surface area contributed by atoms with Crippen molar-refractivity contribution in [2.45, 2.75) is 45.6 Å². The van der Waals surface area contributed by atoms with E-state index < -0.39 is 0 Å². The van der Waals surface area contributed by atoms with E-state index in [0.717, 1.165) is 18.4 Å². The van der Waals surface area contributed by atoms with E-state index in [2.05, 4.69) is 39.3 Å². The molecular formula is C17H35N5. The Kier molecular flexibility index (Phi) is 7.46. The summed E-state index contributed by atoms with van der Waals surface area (Å²) in [5.41, 5.74) is 0. The largest absolute Gasteiger partial charge is 0.356 e. The topological polar surface area (TPSA) is 42.9 Å². The molecule has 128 valence electrons. The summed E-state index contributed by atoms with van der Waals surface area (Å²) in [6.07, 6.45) is 5.03. The van der Waals surface area contributed by atoms with Crippen LogP contribution in [0.25, 0.3) is 0 Å². The first-order valence-corrected chi connectivity index (χ1v) is 9.17. The predicted octanol–water partition coefficient (Wildman–Crippen LogP) is 1.37. The van der Waals surface area contributed by atoms with Crippen LogP contribution >= 0.6 is 0 Å². The Morgan fingerprint density at radius 3 is 2.41 bits per heavy atom. The first-order chi connectivity index (χ1) is 10.7. The molecule has 2 aliphatic heterocycles. The standard InChI is InChI=1S/C17H35N5/c1-4-9-22-11-7-16(8-12-22)20-17(18-3)19-13-15-6-10-21(5-2)14-15/h15-16H,4-14H2,1-3H3,(H2,18,19,20). The lowest BCUT2D eigenvalue weighted by Crippen LogP contribution is -2.49. The number of hydrogen-bond donors (Lipinski definition) is 2. The van der Waals surface area contributed by atoms with Gasteiger partial charge in [-0.25, -0.2) is 0 Å². The van der Waals surface area contributed by atoms with Crippen LogP contribution in [0.1, 0.15) is 39.5 Å². The van der Waals surface area contributed by atoms with E-state index in [9.17, 15) is 0 Å². The average Bonchev–Trinajstić information content (AvgIpc) is 3.01. The van der Waals surface area contributed by atoms with Crippen LogP contribution in [0.15, 0.2) is 4.99 Å². The minimum absolute atomic E-state index is 0.579. The fourth-order valence-electron chi connectivity index (χ4n) is 3.61. The molecule has 5 heteroatoms. The van der Waals surface area contributed by atoms with E-state index in [1.165, 1.54) is 65.0 Å². The van der Waals surface area contributed by atoms with Gasteiger partial charge in [-0.2, -0.15) is 0 Å². The molecule has 2 N–H and O–H groups in total. The number of aliphatic imine (C=N–C) groups is 1. The van der Waals surface area contributed by atoms with Crippen molar-refractivity contribution in [2.24, 2.45) is 10.9 Å². The van der Waals surface area contributed by atoms with Gasteiger partial charge in [-0.05, 0) is 51.2 Å². The highest BCUT2D eigenvalue weighted by Crippen LogP contribution is 2.14. The Morgan fingerprint density at radius 1 is 1.09 bits per heavy atom. The molecule has 0 amide bonds. The van der Waals surface area contributed by atoms with E-state index in [-0.39, 0.29) is 0 Å². The van der Waals surface area contributed by atoms with Crippen LogP contribution < -0.4 is 10.6 Å². The van der Waals surface area contributed by atoms with Gasteiger partial charge in [0.05, 0.1) is 0 Å². The van der Waals surface area contributed by atoms with E-state index in [0.29, 0.717) is 6.04 Å². The number of piperidine rings is 1. The molecule has 1 unspecified atom stereocenters. The maximum absolute atomic E-state index is 4.40. The van der Waals surface area contributed by atoms with Gasteiger partial charge in [0.15, 0.2) is 5.96 Å². The number of nitrogens with zero attached hydrogens (tertiary/aromatic N) is 3. The van der Waals surface area contributed by atoms with Gasteiger partial charge in [-0.3, -0.25) is 4.99 Å². The van der Waals surface area contributed by atoms with Crippen molar-refractivity contribution in [1.29, 1.82) is 0 Å². The molecule has 0 saturated carbocycles. The molecule has 22 heavy (non-hydrogen) atoms. The van der Waals surface area contributed by atoms with E-state index in [4.69, 9.17) is 0 Å². The van der Waals surface area contributed by atoms with Crippen molar-refractivity contribution in [3.63, 3.8) is 0 Å². The molecule has 2 rings (SSSR count). The zero-order chi connectivity index (χ0) is 15.8. The maximum atomic E-state index is 4.40. The van der Waals surface area contributed by atoms with Crippen molar-refractivity contribution in [1.82, 2.24) is 20.4 Å². The maximum Gasteiger partial charge on any atom is 0.191 e. The van der Waals surface area contributed by atoms with Gasteiger partial charge in [-0.1, -0.05) is 13.8 Å². The number of rotatable bonds is 6. The highest BCUT2D eigenvalue weighted by molar-refractivity contribution is 5.79. The van der Waals surface area contributed by atoms with Crippen LogP contribution in [0, 0.1) is 5.92 Å². The minimum Gasteiger partial charge on any atom is -0.356 e. The van der Waals surface area contributed by atoms with Gasteiger partial charge in [0.2, 0.25) is 0 Å². The van der Waals surface area contributed by atoms with Crippen molar-refractivity contribution in [2.75, 3.05) is 52.9 Å².